The van der Waals surface area contributed by atoms with Gasteiger partial charge in [0.15, 0.2) is 5.82 Å². The predicted molar refractivity (Wildman–Crippen MR) is 78.8 cm³/mol. The van der Waals surface area contributed by atoms with Gasteiger partial charge in [0.1, 0.15) is 0 Å². The Balaban J connectivity index is 1.43. The molecule has 1 saturated carbocycles. The van der Waals surface area contributed by atoms with Gasteiger partial charge in [-0.15, -0.1) is 0 Å². The maximum Gasteiger partial charge on any atom is 0.229 e. The average Bonchev–Trinajstić information content (AvgIpc) is 3.16. The summed E-state index contributed by atoms with van der Waals surface area (Å²) in [4.78, 5) is 18.6. The fourth-order valence-corrected chi connectivity index (χ4v) is 3.64. The second-order valence-corrected chi connectivity index (χ2v) is 6.52. The van der Waals surface area contributed by atoms with E-state index in [0.717, 1.165) is 50.6 Å². The number of hydrogen-bond donors (Lipinski definition) is 0. The molecular formula is C16H25N3O2. The Kier molecular flexibility index (Phi) is 4.56. The number of hydrogen-bond acceptors (Lipinski definition) is 4. The number of nitrogens with zero attached hydrogens (tertiary/aromatic N) is 3. The molecule has 0 radical (unpaired) electrons. The summed E-state index contributed by atoms with van der Waals surface area (Å²) < 4.78 is 5.25. The van der Waals surface area contributed by atoms with Gasteiger partial charge in [0.05, 0.1) is 0 Å². The van der Waals surface area contributed by atoms with Crippen molar-refractivity contribution in [2.45, 2.75) is 64.2 Å². The molecule has 2 fully saturated rings. The summed E-state index contributed by atoms with van der Waals surface area (Å²) in [6.45, 7) is 3.50. The molecule has 0 N–H and O–H groups in total. The van der Waals surface area contributed by atoms with Gasteiger partial charge in [0.2, 0.25) is 11.8 Å². The summed E-state index contributed by atoms with van der Waals surface area (Å²) in [5, 5.41) is 3.85. The number of amides is 1. The van der Waals surface area contributed by atoms with Gasteiger partial charge in [-0.25, -0.2) is 0 Å². The zero-order valence-electron chi connectivity index (χ0n) is 12.9. The molecule has 0 spiro atoms. The van der Waals surface area contributed by atoms with Crippen molar-refractivity contribution >= 4 is 5.91 Å². The van der Waals surface area contributed by atoms with Gasteiger partial charge in [0.25, 0.3) is 0 Å². The zero-order chi connectivity index (χ0) is 14.7. The standard InChI is InChI=1S/C16H25N3O2/c1-12-17-16(21-18-12)14-8-10-19(11-9-14)15(20)7-6-13-4-2-3-5-13/h13-14H,2-11H2,1H3. The third kappa shape index (κ3) is 3.63. The number of rotatable bonds is 4. The lowest BCUT2D eigenvalue weighted by Crippen LogP contribution is -2.38. The van der Waals surface area contributed by atoms with E-state index in [9.17, 15) is 4.79 Å². The molecule has 0 bridgehead atoms. The molecule has 1 amide bonds. The molecule has 1 aromatic heterocycles. The number of carbonyl (C=O) groups excluding carboxylic acids is 1. The fourth-order valence-electron chi connectivity index (χ4n) is 3.64. The minimum absolute atomic E-state index is 0.324. The van der Waals surface area contributed by atoms with Crippen molar-refractivity contribution < 1.29 is 9.32 Å². The van der Waals surface area contributed by atoms with Crippen LogP contribution >= 0.6 is 0 Å². The average molecular weight is 291 g/mol. The van der Waals surface area contributed by atoms with Crippen molar-refractivity contribution in [3.63, 3.8) is 0 Å². The van der Waals surface area contributed by atoms with Crippen molar-refractivity contribution in [3.05, 3.63) is 11.7 Å². The molecule has 1 saturated heterocycles. The molecule has 5 heteroatoms. The second kappa shape index (κ2) is 6.58. The Morgan fingerprint density at radius 3 is 2.57 bits per heavy atom. The lowest BCUT2D eigenvalue weighted by Gasteiger charge is -2.30. The minimum Gasteiger partial charge on any atom is -0.343 e. The summed E-state index contributed by atoms with van der Waals surface area (Å²) in [6.07, 6.45) is 9.06. The first-order valence-electron chi connectivity index (χ1n) is 8.30. The van der Waals surface area contributed by atoms with Crippen LogP contribution in [0.5, 0.6) is 0 Å². The molecule has 0 atom stereocenters. The summed E-state index contributed by atoms with van der Waals surface area (Å²) in [5.41, 5.74) is 0. The van der Waals surface area contributed by atoms with E-state index in [1.165, 1.54) is 25.7 Å². The first kappa shape index (κ1) is 14.5. The van der Waals surface area contributed by atoms with Crippen LogP contribution in [0.2, 0.25) is 0 Å². The Hall–Kier alpha value is -1.39. The summed E-state index contributed by atoms with van der Waals surface area (Å²) >= 11 is 0. The van der Waals surface area contributed by atoms with Crippen LogP contribution in [0.4, 0.5) is 0 Å². The van der Waals surface area contributed by atoms with Gasteiger partial charge in [0, 0.05) is 25.4 Å². The Morgan fingerprint density at radius 2 is 1.95 bits per heavy atom. The monoisotopic (exact) mass is 291 g/mol. The Labute approximate surface area is 126 Å². The fraction of sp³-hybridized carbons (Fsp3) is 0.812. The van der Waals surface area contributed by atoms with Crippen LogP contribution in [0.25, 0.3) is 0 Å². The minimum atomic E-state index is 0.324. The molecule has 5 nitrogen and oxygen atoms in total. The Morgan fingerprint density at radius 1 is 1.24 bits per heavy atom. The van der Waals surface area contributed by atoms with Crippen LogP contribution in [0.15, 0.2) is 4.52 Å². The molecule has 0 aromatic carbocycles. The van der Waals surface area contributed by atoms with Crippen LogP contribution in [-0.2, 0) is 4.79 Å². The van der Waals surface area contributed by atoms with Crippen molar-refractivity contribution in [2.24, 2.45) is 5.92 Å². The largest absolute Gasteiger partial charge is 0.343 e. The highest BCUT2D eigenvalue weighted by atomic mass is 16.5. The van der Waals surface area contributed by atoms with E-state index in [4.69, 9.17) is 4.52 Å². The highest BCUT2D eigenvalue weighted by Crippen LogP contribution is 2.30. The van der Waals surface area contributed by atoms with Gasteiger partial charge >= 0.3 is 0 Å². The number of piperidine rings is 1. The lowest BCUT2D eigenvalue weighted by atomic mass is 9.95. The SMILES string of the molecule is Cc1noc(C2CCN(C(=O)CCC3CCCC3)CC2)n1. The van der Waals surface area contributed by atoms with E-state index < -0.39 is 0 Å². The summed E-state index contributed by atoms with van der Waals surface area (Å²) in [7, 11) is 0. The van der Waals surface area contributed by atoms with Crippen LogP contribution in [0, 0.1) is 12.8 Å². The molecule has 2 heterocycles. The molecule has 0 unspecified atom stereocenters. The van der Waals surface area contributed by atoms with Crippen LogP contribution in [-0.4, -0.2) is 34.0 Å². The number of carbonyl (C=O) groups is 1. The molecule has 2 aliphatic rings. The third-order valence-electron chi connectivity index (χ3n) is 4.98. The molecule has 21 heavy (non-hydrogen) atoms. The molecule has 1 aromatic rings. The highest BCUT2D eigenvalue weighted by Gasteiger charge is 2.27. The molecular weight excluding hydrogens is 266 g/mol. The van der Waals surface area contributed by atoms with E-state index in [2.05, 4.69) is 10.1 Å². The zero-order valence-corrected chi connectivity index (χ0v) is 12.9. The highest BCUT2D eigenvalue weighted by molar-refractivity contribution is 5.76. The van der Waals surface area contributed by atoms with Gasteiger partial charge in [-0.3, -0.25) is 4.79 Å². The van der Waals surface area contributed by atoms with Gasteiger partial charge in [-0.1, -0.05) is 30.8 Å². The number of likely N-dealkylation sites (tertiary alicyclic amines) is 1. The van der Waals surface area contributed by atoms with E-state index in [0.29, 0.717) is 17.6 Å². The Bertz CT molecular complexity index is 472. The number of aromatic nitrogens is 2. The van der Waals surface area contributed by atoms with Crippen molar-refractivity contribution in [3.8, 4) is 0 Å². The maximum absolute atomic E-state index is 12.3. The first-order chi connectivity index (χ1) is 10.2. The molecule has 1 aliphatic carbocycles. The second-order valence-electron chi connectivity index (χ2n) is 6.52. The smallest absolute Gasteiger partial charge is 0.229 e. The number of aryl methyl sites for hydroxylation is 1. The topological polar surface area (TPSA) is 59.2 Å². The van der Waals surface area contributed by atoms with Gasteiger partial charge in [-0.05, 0) is 32.1 Å². The first-order valence-corrected chi connectivity index (χ1v) is 8.30. The van der Waals surface area contributed by atoms with Gasteiger partial charge in [-0.2, -0.15) is 4.98 Å². The van der Waals surface area contributed by atoms with Gasteiger partial charge < -0.3 is 9.42 Å². The van der Waals surface area contributed by atoms with E-state index in [-0.39, 0.29) is 0 Å². The quantitative estimate of drug-likeness (QED) is 0.855. The van der Waals surface area contributed by atoms with Crippen LogP contribution < -0.4 is 0 Å². The van der Waals surface area contributed by atoms with Crippen molar-refractivity contribution in [2.75, 3.05) is 13.1 Å². The normalized spacial score (nSPS) is 21.1. The van der Waals surface area contributed by atoms with E-state index in [1.54, 1.807) is 0 Å². The lowest BCUT2D eigenvalue weighted by molar-refractivity contribution is -0.132. The third-order valence-corrected chi connectivity index (χ3v) is 4.98. The van der Waals surface area contributed by atoms with Crippen LogP contribution in [0.1, 0.15) is 69.0 Å². The van der Waals surface area contributed by atoms with E-state index in [1.807, 2.05) is 11.8 Å². The van der Waals surface area contributed by atoms with Crippen molar-refractivity contribution in [1.82, 2.24) is 15.0 Å². The van der Waals surface area contributed by atoms with E-state index >= 15 is 0 Å². The van der Waals surface area contributed by atoms with Crippen LogP contribution in [0.3, 0.4) is 0 Å². The predicted octanol–water partition coefficient (Wildman–Crippen LogP) is 3.05. The summed E-state index contributed by atoms with van der Waals surface area (Å²) in [6, 6.07) is 0. The summed E-state index contributed by atoms with van der Waals surface area (Å²) in [5.74, 6) is 2.89. The molecule has 3 rings (SSSR count). The van der Waals surface area contributed by atoms with Crippen molar-refractivity contribution in [1.29, 1.82) is 0 Å². The molecule has 116 valence electrons. The maximum atomic E-state index is 12.3. The molecule has 1 aliphatic heterocycles.